The first kappa shape index (κ1) is 53.9. The van der Waals surface area contributed by atoms with Crippen LogP contribution in [0, 0.1) is 0 Å². The Morgan fingerprint density at radius 2 is 1.00 bits per heavy atom. The molecule has 4 aromatic carbocycles. The summed E-state index contributed by atoms with van der Waals surface area (Å²) in [6.07, 6.45) is 0.223. The topological polar surface area (TPSA) is 221 Å². The van der Waals surface area contributed by atoms with Gasteiger partial charge in [0.1, 0.15) is 16.4 Å². The lowest BCUT2D eigenvalue weighted by Crippen LogP contribution is -2.35. The van der Waals surface area contributed by atoms with Crippen molar-refractivity contribution in [2.45, 2.75) is 105 Å². The number of halogens is 1. The number of ether oxygens (including phenoxy) is 4. The normalized spacial score (nSPS) is 12.0. The number of carbonyl (C=O) groups is 4. The molecule has 0 unspecified atom stereocenters. The van der Waals surface area contributed by atoms with Crippen molar-refractivity contribution in [3.05, 3.63) is 125 Å². The van der Waals surface area contributed by atoms with Crippen LogP contribution in [0.4, 0.5) is 9.59 Å². The monoisotopic (exact) mass is 950 g/mol. The highest BCUT2D eigenvalue weighted by molar-refractivity contribution is 6.58. The van der Waals surface area contributed by atoms with Gasteiger partial charge in [-0.3, -0.25) is 0 Å². The molecule has 360 valence electrons. The van der Waals surface area contributed by atoms with Gasteiger partial charge in [-0.25, -0.2) is 39.1 Å². The number of para-hydroxylation sites is 2. The van der Waals surface area contributed by atoms with Crippen molar-refractivity contribution in [3.63, 3.8) is 0 Å². The molecule has 0 spiro atoms. The summed E-state index contributed by atoms with van der Waals surface area (Å²) in [4.78, 5) is 65.7. The highest BCUT2D eigenvalue weighted by atomic mass is 35.5. The highest BCUT2D eigenvalue weighted by Gasteiger charge is 2.24. The van der Waals surface area contributed by atoms with Crippen molar-refractivity contribution >= 4 is 70.1 Å². The molecule has 16 nitrogen and oxygen atoms in total. The van der Waals surface area contributed by atoms with Gasteiger partial charge in [-0.1, -0.05) is 80.0 Å². The van der Waals surface area contributed by atoms with E-state index in [-0.39, 0.29) is 12.0 Å². The molecule has 4 N–H and O–H groups in total. The average molecular weight is 951 g/mol. The second-order valence-corrected chi connectivity index (χ2v) is 17.4. The number of hydrogen-bond donors (Lipinski definition) is 4. The van der Waals surface area contributed by atoms with Crippen LogP contribution in [0.1, 0.15) is 127 Å². The van der Waals surface area contributed by atoms with Crippen LogP contribution in [0.25, 0.3) is 33.1 Å². The second-order valence-electron chi connectivity index (χ2n) is 17.1. The fourth-order valence-corrected chi connectivity index (χ4v) is 6.51. The molecule has 0 aliphatic carbocycles. The lowest BCUT2D eigenvalue weighted by Gasteiger charge is -2.23. The third-order valence-corrected chi connectivity index (χ3v) is 9.69. The largest absolute Gasteiger partial charge is 0.488 e. The maximum Gasteiger partial charge on any atom is 0.488 e. The molecule has 0 aliphatic rings. The van der Waals surface area contributed by atoms with Gasteiger partial charge in [-0.05, 0) is 116 Å². The van der Waals surface area contributed by atoms with E-state index >= 15 is 0 Å². The van der Waals surface area contributed by atoms with E-state index in [1.54, 1.807) is 26.0 Å². The van der Waals surface area contributed by atoms with E-state index in [1.807, 2.05) is 116 Å². The van der Waals surface area contributed by atoms with Crippen LogP contribution in [0.15, 0.2) is 97.1 Å². The molecule has 2 atom stereocenters. The molecule has 6 rings (SSSR count). The summed E-state index contributed by atoms with van der Waals surface area (Å²) in [6.45, 7) is 18.9. The van der Waals surface area contributed by atoms with E-state index < -0.39 is 42.5 Å². The minimum Gasteiger partial charge on any atom is -0.462 e. The van der Waals surface area contributed by atoms with Crippen molar-refractivity contribution in [2.24, 2.45) is 0 Å². The van der Waals surface area contributed by atoms with Crippen molar-refractivity contribution in [1.82, 2.24) is 30.6 Å². The van der Waals surface area contributed by atoms with Gasteiger partial charge in [0, 0.05) is 16.3 Å². The summed E-state index contributed by atoms with van der Waals surface area (Å²) in [6, 6.07) is 27.5. The Hall–Kier alpha value is -6.69. The molecular formula is C50H60BClN6O10. The standard InChI is InChI=1S/C25H29N3O4.C16H20ClN3O2.C9H11BO4/c1-6-19(27-24(30)32-25(3,4)5)22-26-20-11-9-8-10-18(20)21(28-22)16-12-14-17(15-13-16)23(29)31-7-2;1-5-11(19-15(21)22-16(2,3)4)14-18-12-9-7-6-8-10(12)13(17)20-14;1-2-14-9(11)7-3-5-8(6-4-7)10(12)13/h8-15,19H,6-7H2,1-5H3,(H,27,30);6-9,11H,5H2,1-4H3,(H,19,21);3-6,12-13H,2H2,1H3/t19-;11-;/m00./s1. The van der Waals surface area contributed by atoms with Gasteiger partial charge in [-0.15, -0.1) is 0 Å². The number of benzene rings is 4. The minimum absolute atomic E-state index is 0.323. The number of nitrogens with zero attached hydrogens (tertiary/aromatic N) is 4. The maximum atomic E-state index is 12.3. The molecule has 0 bridgehead atoms. The lowest BCUT2D eigenvalue weighted by atomic mass is 9.80. The first-order valence-electron chi connectivity index (χ1n) is 22.2. The Morgan fingerprint density at radius 1 is 0.588 bits per heavy atom. The Labute approximate surface area is 402 Å². The third-order valence-electron chi connectivity index (χ3n) is 9.41. The number of aromatic nitrogens is 4. The summed E-state index contributed by atoms with van der Waals surface area (Å²) >= 11 is 6.21. The van der Waals surface area contributed by atoms with E-state index in [0.29, 0.717) is 59.4 Å². The van der Waals surface area contributed by atoms with E-state index in [1.165, 1.54) is 24.3 Å². The van der Waals surface area contributed by atoms with Crippen molar-refractivity contribution in [3.8, 4) is 11.3 Å². The Morgan fingerprint density at radius 3 is 1.43 bits per heavy atom. The molecule has 0 saturated carbocycles. The Balaban J connectivity index is 0.000000242. The summed E-state index contributed by atoms with van der Waals surface area (Å²) in [5.74, 6) is 0.213. The maximum absolute atomic E-state index is 12.3. The molecule has 0 radical (unpaired) electrons. The SMILES string of the molecule is CCOC(=O)c1ccc(-c2nc([C@H](CC)NC(=O)OC(C)(C)C)nc3ccccc23)cc1.CCOC(=O)c1ccc(B(O)O)cc1.CC[C@H](NC(=O)OC(C)(C)C)c1nc(Cl)c2ccccc2n1. The smallest absolute Gasteiger partial charge is 0.462 e. The molecular weight excluding hydrogens is 891 g/mol. The van der Waals surface area contributed by atoms with E-state index in [9.17, 15) is 19.2 Å². The lowest BCUT2D eigenvalue weighted by molar-refractivity contribution is 0.0488. The quantitative estimate of drug-likeness (QED) is 0.0389. The van der Waals surface area contributed by atoms with Crippen LogP contribution in [0.2, 0.25) is 5.15 Å². The molecule has 18 heteroatoms. The number of esters is 2. The number of nitrogens with one attached hydrogen (secondary N) is 2. The average Bonchev–Trinajstić information content (AvgIpc) is 3.29. The van der Waals surface area contributed by atoms with Crippen molar-refractivity contribution in [1.29, 1.82) is 0 Å². The predicted molar refractivity (Wildman–Crippen MR) is 263 cm³/mol. The van der Waals surface area contributed by atoms with Crippen LogP contribution in [-0.2, 0) is 18.9 Å². The summed E-state index contributed by atoms with van der Waals surface area (Å²) in [7, 11) is -1.51. The fraction of sp³-hybridized carbons (Fsp3) is 0.360. The molecule has 2 heterocycles. The van der Waals surface area contributed by atoms with Crippen LogP contribution in [-0.4, -0.2) is 85.6 Å². The van der Waals surface area contributed by atoms with E-state index in [0.717, 1.165) is 33.1 Å². The van der Waals surface area contributed by atoms with E-state index in [4.69, 9.17) is 50.6 Å². The fourth-order valence-electron chi connectivity index (χ4n) is 6.26. The Kier molecular flexibility index (Phi) is 19.7. The number of carbonyl (C=O) groups excluding carboxylic acids is 4. The first-order valence-corrected chi connectivity index (χ1v) is 22.6. The zero-order valence-electron chi connectivity index (χ0n) is 40.1. The van der Waals surface area contributed by atoms with Gasteiger partial charge in [-0.2, -0.15) is 0 Å². The third kappa shape index (κ3) is 16.3. The molecule has 6 aromatic rings. The van der Waals surface area contributed by atoms with Gasteiger partial charge < -0.3 is 39.6 Å². The molecule has 2 aromatic heterocycles. The van der Waals surface area contributed by atoms with Gasteiger partial charge >= 0.3 is 31.2 Å². The summed E-state index contributed by atoms with van der Waals surface area (Å²) in [5.41, 5.74) is 3.16. The predicted octanol–water partition coefficient (Wildman–Crippen LogP) is 9.25. The second kappa shape index (κ2) is 24.9. The zero-order chi connectivity index (χ0) is 50.2. The van der Waals surface area contributed by atoms with Crippen LogP contribution in [0.5, 0.6) is 0 Å². The number of hydrogen-bond acceptors (Lipinski definition) is 14. The highest BCUT2D eigenvalue weighted by Crippen LogP contribution is 2.29. The zero-order valence-corrected chi connectivity index (χ0v) is 40.9. The van der Waals surface area contributed by atoms with Crippen molar-refractivity contribution < 1.29 is 48.2 Å². The van der Waals surface area contributed by atoms with Crippen molar-refractivity contribution in [2.75, 3.05) is 13.2 Å². The number of rotatable bonds is 12. The van der Waals surface area contributed by atoms with Gasteiger partial charge in [0.25, 0.3) is 0 Å². The van der Waals surface area contributed by atoms with Crippen LogP contribution >= 0.6 is 11.6 Å². The van der Waals surface area contributed by atoms with E-state index in [2.05, 4.69) is 20.6 Å². The van der Waals surface area contributed by atoms with Gasteiger partial charge in [0.05, 0.1) is 53.2 Å². The molecule has 68 heavy (non-hydrogen) atoms. The minimum atomic E-state index is -1.51. The van der Waals surface area contributed by atoms with Gasteiger partial charge in [0.2, 0.25) is 0 Å². The van der Waals surface area contributed by atoms with Crippen LogP contribution in [0.3, 0.4) is 0 Å². The molecule has 0 saturated heterocycles. The molecule has 0 aliphatic heterocycles. The first-order chi connectivity index (χ1) is 32.2. The molecule has 0 fully saturated rings. The Bertz CT molecular complexity index is 2640. The summed E-state index contributed by atoms with van der Waals surface area (Å²) < 4.78 is 20.5. The van der Waals surface area contributed by atoms with Gasteiger partial charge in [0.15, 0.2) is 11.6 Å². The number of fused-ring (bicyclic) bond motifs is 2. The number of amides is 2. The summed E-state index contributed by atoms with van der Waals surface area (Å²) in [5, 5.41) is 25.3. The molecule has 2 amide bonds. The van der Waals surface area contributed by atoms with Crippen LogP contribution < -0.4 is 16.1 Å². The number of alkyl carbamates (subject to hydrolysis) is 2.